The molecular weight excluding hydrogens is 392 g/mol. The van der Waals surface area contributed by atoms with E-state index in [4.69, 9.17) is 9.41 Å². The van der Waals surface area contributed by atoms with Crippen LogP contribution in [-0.2, 0) is 16.0 Å². The summed E-state index contributed by atoms with van der Waals surface area (Å²) in [6, 6.07) is 4.28. The summed E-state index contributed by atoms with van der Waals surface area (Å²) in [6.07, 6.45) is 13.8. The molecule has 1 aliphatic heterocycles. The van der Waals surface area contributed by atoms with Gasteiger partial charge < -0.3 is 15.1 Å². The molecule has 31 heavy (non-hydrogen) atoms. The minimum atomic E-state index is -0.121. The SMILES string of the molecule is O=C1C2C3C=CC(C3)C2C(=O)N1CCNC(=NCCc1ccco1)NC1CCCCC1. The number of guanidine groups is 1. The lowest BCUT2D eigenvalue weighted by Gasteiger charge is -2.25. The predicted molar refractivity (Wildman–Crippen MR) is 117 cm³/mol. The minimum Gasteiger partial charge on any atom is -0.469 e. The van der Waals surface area contributed by atoms with E-state index in [2.05, 4.69) is 22.8 Å². The van der Waals surface area contributed by atoms with Gasteiger partial charge >= 0.3 is 0 Å². The van der Waals surface area contributed by atoms with E-state index in [1.54, 1.807) is 6.26 Å². The van der Waals surface area contributed by atoms with E-state index >= 15 is 0 Å². The number of rotatable bonds is 7. The van der Waals surface area contributed by atoms with Crippen molar-refractivity contribution in [3.05, 3.63) is 36.3 Å². The molecule has 3 aliphatic carbocycles. The first-order valence-corrected chi connectivity index (χ1v) is 11.8. The molecule has 2 bridgehead atoms. The van der Waals surface area contributed by atoms with E-state index in [1.807, 2.05) is 12.1 Å². The number of hydrogen-bond donors (Lipinski definition) is 2. The van der Waals surface area contributed by atoms with Crippen molar-refractivity contribution in [2.24, 2.45) is 28.7 Å². The molecule has 1 aromatic heterocycles. The fraction of sp³-hybridized carbons (Fsp3) is 0.625. The number of fused-ring (bicyclic) bond motifs is 5. The highest BCUT2D eigenvalue weighted by molar-refractivity contribution is 6.06. The van der Waals surface area contributed by atoms with Gasteiger partial charge in [-0.1, -0.05) is 31.4 Å². The van der Waals surface area contributed by atoms with E-state index in [1.165, 1.54) is 24.2 Å². The van der Waals surface area contributed by atoms with Crippen molar-refractivity contribution < 1.29 is 14.0 Å². The van der Waals surface area contributed by atoms with Crippen LogP contribution in [0.25, 0.3) is 0 Å². The Bertz CT molecular complexity index is 826. The second-order valence-corrected chi connectivity index (χ2v) is 9.29. The number of furan rings is 1. The van der Waals surface area contributed by atoms with Gasteiger partial charge in [-0.2, -0.15) is 0 Å². The quantitative estimate of drug-likeness (QED) is 0.304. The van der Waals surface area contributed by atoms with Crippen LogP contribution in [0, 0.1) is 23.7 Å². The van der Waals surface area contributed by atoms with E-state index in [0.29, 0.717) is 25.7 Å². The average molecular weight is 425 g/mol. The molecule has 2 N–H and O–H groups in total. The number of amides is 2. The number of hydrogen-bond acceptors (Lipinski definition) is 4. The van der Waals surface area contributed by atoms with Gasteiger partial charge in [-0.3, -0.25) is 19.5 Å². The van der Waals surface area contributed by atoms with E-state index in [9.17, 15) is 9.59 Å². The lowest BCUT2D eigenvalue weighted by Crippen LogP contribution is -2.47. The molecule has 2 amide bonds. The summed E-state index contributed by atoms with van der Waals surface area (Å²) in [5, 5.41) is 6.92. The van der Waals surface area contributed by atoms with Crippen LogP contribution in [-0.4, -0.2) is 48.3 Å². The second kappa shape index (κ2) is 8.89. The van der Waals surface area contributed by atoms with Gasteiger partial charge in [-0.15, -0.1) is 0 Å². The van der Waals surface area contributed by atoms with Gasteiger partial charge in [0.2, 0.25) is 11.8 Å². The molecular formula is C24H32N4O3. The summed E-state index contributed by atoms with van der Waals surface area (Å²) in [6.45, 7) is 1.53. The fourth-order valence-electron chi connectivity index (χ4n) is 5.80. The largest absolute Gasteiger partial charge is 0.469 e. The molecule has 7 heteroatoms. The number of aliphatic imine (C=N–C) groups is 1. The standard InChI is InChI=1S/C24H32N4O3/c29-22-20-16-8-9-17(15-16)21(20)23(30)28(22)13-12-26-24(27-18-5-2-1-3-6-18)25-11-10-19-7-4-14-31-19/h4,7-9,14,16-18,20-21H,1-3,5-6,10-13,15H2,(H2,25,26,27). The maximum atomic E-state index is 12.9. The summed E-state index contributed by atoms with van der Waals surface area (Å²) < 4.78 is 5.40. The van der Waals surface area contributed by atoms with E-state index in [0.717, 1.165) is 37.4 Å². The molecule has 2 saturated carbocycles. The van der Waals surface area contributed by atoms with Crippen molar-refractivity contribution in [3.63, 3.8) is 0 Å². The van der Waals surface area contributed by atoms with Crippen molar-refractivity contribution >= 4 is 17.8 Å². The molecule has 4 aliphatic rings. The number of imide groups is 1. The Morgan fingerprint density at radius 1 is 1.10 bits per heavy atom. The van der Waals surface area contributed by atoms with Crippen LogP contribution in [0.3, 0.4) is 0 Å². The summed E-state index contributed by atoms with van der Waals surface area (Å²) in [5.41, 5.74) is 0. The van der Waals surface area contributed by atoms with Crippen LogP contribution in [0.4, 0.5) is 0 Å². The molecule has 0 spiro atoms. The zero-order chi connectivity index (χ0) is 21.2. The molecule has 4 atom stereocenters. The van der Waals surface area contributed by atoms with Crippen molar-refractivity contribution in [3.8, 4) is 0 Å². The van der Waals surface area contributed by atoms with Crippen LogP contribution in [0.2, 0.25) is 0 Å². The highest BCUT2D eigenvalue weighted by Gasteiger charge is 2.58. The molecule has 1 saturated heterocycles. The smallest absolute Gasteiger partial charge is 0.233 e. The van der Waals surface area contributed by atoms with Crippen molar-refractivity contribution in [2.75, 3.05) is 19.6 Å². The lowest BCUT2D eigenvalue weighted by atomic mass is 9.85. The Labute approximate surface area is 183 Å². The summed E-state index contributed by atoms with van der Waals surface area (Å²) in [5.74, 6) is 2.00. The van der Waals surface area contributed by atoms with Crippen molar-refractivity contribution in [1.82, 2.24) is 15.5 Å². The molecule has 3 fully saturated rings. The number of nitrogens with one attached hydrogen (secondary N) is 2. The molecule has 4 unspecified atom stereocenters. The van der Waals surface area contributed by atoms with Crippen molar-refractivity contribution in [1.29, 1.82) is 0 Å². The van der Waals surface area contributed by atoms with Gasteiger partial charge in [0.25, 0.3) is 0 Å². The maximum absolute atomic E-state index is 12.9. The highest BCUT2D eigenvalue weighted by atomic mass is 16.3. The van der Waals surface area contributed by atoms with Gasteiger partial charge in [0.05, 0.1) is 18.1 Å². The Morgan fingerprint density at radius 2 is 1.84 bits per heavy atom. The summed E-state index contributed by atoms with van der Waals surface area (Å²) in [4.78, 5) is 31.9. The lowest BCUT2D eigenvalue weighted by molar-refractivity contribution is -0.140. The highest BCUT2D eigenvalue weighted by Crippen LogP contribution is 2.52. The van der Waals surface area contributed by atoms with Gasteiger partial charge in [-0.25, -0.2) is 0 Å². The molecule has 7 nitrogen and oxygen atoms in total. The molecule has 5 rings (SSSR count). The molecule has 0 aromatic carbocycles. The zero-order valence-corrected chi connectivity index (χ0v) is 18.0. The first kappa shape index (κ1) is 20.3. The minimum absolute atomic E-state index is 0.0187. The van der Waals surface area contributed by atoms with Gasteiger partial charge in [0.1, 0.15) is 5.76 Å². The Hall–Kier alpha value is -2.57. The van der Waals surface area contributed by atoms with Crippen LogP contribution in [0.1, 0.15) is 44.3 Å². The number of carbonyl (C=O) groups is 2. The maximum Gasteiger partial charge on any atom is 0.233 e. The Balaban J connectivity index is 1.17. The summed E-state index contributed by atoms with van der Waals surface area (Å²) in [7, 11) is 0. The molecule has 2 heterocycles. The number of nitrogens with zero attached hydrogens (tertiary/aromatic N) is 2. The number of likely N-dealkylation sites (tertiary alicyclic amines) is 1. The molecule has 1 aromatic rings. The Morgan fingerprint density at radius 3 is 2.52 bits per heavy atom. The molecule has 166 valence electrons. The summed E-state index contributed by atoms with van der Waals surface area (Å²) >= 11 is 0. The first-order chi connectivity index (χ1) is 15.2. The zero-order valence-electron chi connectivity index (χ0n) is 18.0. The van der Waals surface area contributed by atoms with Crippen LogP contribution in [0.5, 0.6) is 0 Å². The monoisotopic (exact) mass is 424 g/mol. The third-order valence-corrected chi connectivity index (χ3v) is 7.34. The Kier molecular flexibility index (Phi) is 5.83. The van der Waals surface area contributed by atoms with Crippen LogP contribution < -0.4 is 10.6 Å². The third kappa shape index (κ3) is 4.14. The third-order valence-electron chi connectivity index (χ3n) is 7.34. The van der Waals surface area contributed by atoms with E-state index in [-0.39, 0.29) is 35.5 Å². The normalized spacial score (nSPS) is 30.3. The average Bonchev–Trinajstić information content (AvgIpc) is 3.56. The van der Waals surface area contributed by atoms with Crippen LogP contribution >= 0.6 is 0 Å². The van der Waals surface area contributed by atoms with Crippen LogP contribution in [0.15, 0.2) is 40.0 Å². The molecule has 0 radical (unpaired) electrons. The predicted octanol–water partition coefficient (Wildman–Crippen LogP) is 2.50. The van der Waals surface area contributed by atoms with Gasteiger partial charge in [-0.05, 0) is 43.2 Å². The topological polar surface area (TPSA) is 86.9 Å². The first-order valence-electron chi connectivity index (χ1n) is 11.8. The van der Waals surface area contributed by atoms with E-state index < -0.39 is 0 Å². The fourth-order valence-corrected chi connectivity index (χ4v) is 5.80. The second-order valence-electron chi connectivity index (χ2n) is 9.29. The number of allylic oxidation sites excluding steroid dienone is 2. The van der Waals surface area contributed by atoms with Gasteiger partial charge in [0, 0.05) is 32.1 Å². The van der Waals surface area contributed by atoms with Crippen molar-refractivity contribution in [2.45, 2.75) is 51.0 Å². The number of carbonyl (C=O) groups excluding carboxylic acids is 2. The van der Waals surface area contributed by atoms with Gasteiger partial charge in [0.15, 0.2) is 5.96 Å².